The lowest BCUT2D eigenvalue weighted by Gasteiger charge is -2.08. The van der Waals surface area contributed by atoms with Crippen LogP contribution in [-0.2, 0) is 4.79 Å². The molecule has 2 N–H and O–H groups in total. The summed E-state index contributed by atoms with van der Waals surface area (Å²) in [6.45, 7) is 0. The van der Waals surface area contributed by atoms with Gasteiger partial charge in [-0.05, 0) is 36.4 Å². The van der Waals surface area contributed by atoms with Gasteiger partial charge in [-0.15, -0.1) is 0 Å². The number of imidazole rings is 1. The number of nitrogens with zero attached hydrogens (tertiary/aromatic N) is 2. The van der Waals surface area contributed by atoms with Gasteiger partial charge in [0.15, 0.2) is 0 Å². The van der Waals surface area contributed by atoms with E-state index in [9.17, 15) is 14.0 Å². The molecule has 0 radical (unpaired) electrons. The zero-order chi connectivity index (χ0) is 15.5. The van der Waals surface area contributed by atoms with Crippen LogP contribution in [0.5, 0.6) is 0 Å². The minimum Gasteiger partial charge on any atom is -0.313 e. The molecule has 0 aliphatic carbocycles. The number of carbonyl (C=O) groups is 1. The Morgan fingerprint density at radius 2 is 2.00 bits per heavy atom. The maximum atomic E-state index is 13.0. The highest BCUT2D eigenvalue weighted by Crippen LogP contribution is 2.22. The summed E-state index contributed by atoms with van der Waals surface area (Å²) in [6, 6.07) is 8.93. The van der Waals surface area contributed by atoms with Crippen molar-refractivity contribution < 1.29 is 9.18 Å². The SMILES string of the molecule is O=CNc1cc(-c2c[nH]c(=O)n2-c2ccc(F)cc2)ccn1. The Hall–Kier alpha value is -3.22. The quantitative estimate of drug-likeness (QED) is 0.722. The van der Waals surface area contributed by atoms with Crippen LogP contribution >= 0.6 is 0 Å². The second kappa shape index (κ2) is 5.65. The van der Waals surface area contributed by atoms with Crippen molar-refractivity contribution in [3.8, 4) is 16.9 Å². The minimum absolute atomic E-state index is 0.344. The van der Waals surface area contributed by atoms with Gasteiger partial charge >= 0.3 is 5.69 Å². The topological polar surface area (TPSA) is 79.8 Å². The Morgan fingerprint density at radius 3 is 2.73 bits per heavy atom. The van der Waals surface area contributed by atoms with E-state index >= 15 is 0 Å². The van der Waals surface area contributed by atoms with E-state index in [1.54, 1.807) is 18.3 Å². The Kier molecular flexibility index (Phi) is 3.53. The Bertz CT molecular complexity index is 868. The molecule has 2 heterocycles. The van der Waals surface area contributed by atoms with Crippen LogP contribution in [0.1, 0.15) is 0 Å². The van der Waals surface area contributed by atoms with Crippen LogP contribution < -0.4 is 11.0 Å². The molecule has 3 aromatic rings. The van der Waals surface area contributed by atoms with E-state index in [-0.39, 0.29) is 11.5 Å². The fraction of sp³-hybridized carbons (Fsp3) is 0. The predicted molar refractivity (Wildman–Crippen MR) is 79.3 cm³/mol. The maximum Gasteiger partial charge on any atom is 0.330 e. The van der Waals surface area contributed by atoms with Gasteiger partial charge in [-0.25, -0.2) is 14.2 Å². The van der Waals surface area contributed by atoms with E-state index in [1.807, 2.05) is 0 Å². The number of hydrogen-bond acceptors (Lipinski definition) is 3. The molecule has 22 heavy (non-hydrogen) atoms. The van der Waals surface area contributed by atoms with Crippen LogP contribution in [0.3, 0.4) is 0 Å². The van der Waals surface area contributed by atoms with E-state index in [0.29, 0.717) is 29.2 Å². The number of benzene rings is 1. The molecule has 110 valence electrons. The highest BCUT2D eigenvalue weighted by Gasteiger charge is 2.11. The highest BCUT2D eigenvalue weighted by atomic mass is 19.1. The number of aromatic nitrogens is 3. The van der Waals surface area contributed by atoms with Crippen molar-refractivity contribution in [2.45, 2.75) is 0 Å². The lowest BCUT2D eigenvalue weighted by atomic mass is 10.2. The first kappa shape index (κ1) is 13.7. The first-order chi connectivity index (χ1) is 10.7. The summed E-state index contributed by atoms with van der Waals surface area (Å²) in [7, 11) is 0. The van der Waals surface area contributed by atoms with Crippen LogP contribution in [-0.4, -0.2) is 20.9 Å². The molecule has 1 amide bonds. The zero-order valence-corrected chi connectivity index (χ0v) is 11.3. The van der Waals surface area contributed by atoms with E-state index in [1.165, 1.54) is 35.0 Å². The summed E-state index contributed by atoms with van der Waals surface area (Å²) in [6.07, 6.45) is 3.59. The molecular formula is C15H11FN4O2. The fourth-order valence-electron chi connectivity index (χ4n) is 2.16. The molecule has 0 saturated carbocycles. The van der Waals surface area contributed by atoms with Gasteiger partial charge in [0.2, 0.25) is 6.41 Å². The number of hydrogen-bond donors (Lipinski definition) is 2. The van der Waals surface area contributed by atoms with Gasteiger partial charge < -0.3 is 10.3 Å². The molecule has 0 aliphatic rings. The van der Waals surface area contributed by atoms with Crippen molar-refractivity contribution in [3.05, 3.63) is 65.1 Å². The molecule has 0 atom stereocenters. The molecule has 7 heteroatoms. The Labute approximate surface area is 124 Å². The smallest absolute Gasteiger partial charge is 0.313 e. The van der Waals surface area contributed by atoms with E-state index in [4.69, 9.17) is 0 Å². The largest absolute Gasteiger partial charge is 0.330 e. The highest BCUT2D eigenvalue weighted by molar-refractivity contribution is 5.72. The van der Waals surface area contributed by atoms with Crippen LogP contribution in [0.4, 0.5) is 10.2 Å². The molecule has 1 aromatic carbocycles. The van der Waals surface area contributed by atoms with Crippen LogP contribution in [0.15, 0.2) is 53.6 Å². The molecule has 0 saturated heterocycles. The summed E-state index contributed by atoms with van der Waals surface area (Å²) in [5.74, 6) is -0.0120. The number of anilines is 1. The van der Waals surface area contributed by atoms with Crippen molar-refractivity contribution in [2.24, 2.45) is 0 Å². The second-order valence-corrected chi connectivity index (χ2v) is 4.48. The number of H-pyrrole nitrogens is 1. The summed E-state index contributed by atoms with van der Waals surface area (Å²) < 4.78 is 14.5. The van der Waals surface area contributed by atoms with Gasteiger partial charge in [-0.3, -0.25) is 9.36 Å². The van der Waals surface area contributed by atoms with Gasteiger partial charge in [0.25, 0.3) is 0 Å². The van der Waals surface area contributed by atoms with Crippen LogP contribution in [0.25, 0.3) is 16.9 Å². The molecule has 0 spiro atoms. The molecule has 6 nitrogen and oxygen atoms in total. The predicted octanol–water partition coefficient (Wildman–Crippen LogP) is 1.93. The first-order valence-electron chi connectivity index (χ1n) is 6.42. The number of pyridine rings is 1. The van der Waals surface area contributed by atoms with Crippen molar-refractivity contribution in [3.63, 3.8) is 0 Å². The average Bonchev–Trinajstić information content (AvgIpc) is 2.91. The van der Waals surface area contributed by atoms with Crippen molar-refractivity contribution in [1.29, 1.82) is 0 Å². The molecule has 3 rings (SSSR count). The summed E-state index contributed by atoms with van der Waals surface area (Å²) in [5.41, 5.74) is 1.45. The molecule has 0 fully saturated rings. The van der Waals surface area contributed by atoms with Gasteiger partial charge in [-0.2, -0.15) is 0 Å². The minimum atomic E-state index is -0.379. The normalized spacial score (nSPS) is 10.4. The van der Waals surface area contributed by atoms with E-state index < -0.39 is 0 Å². The van der Waals surface area contributed by atoms with Crippen molar-refractivity contribution in [1.82, 2.24) is 14.5 Å². The molecular weight excluding hydrogens is 287 g/mol. The molecule has 2 aromatic heterocycles. The lowest BCUT2D eigenvalue weighted by molar-refractivity contribution is -0.105. The zero-order valence-electron chi connectivity index (χ0n) is 11.3. The lowest BCUT2D eigenvalue weighted by Crippen LogP contribution is -2.15. The van der Waals surface area contributed by atoms with Gasteiger partial charge in [0.05, 0.1) is 11.4 Å². The second-order valence-electron chi connectivity index (χ2n) is 4.48. The van der Waals surface area contributed by atoms with E-state index in [2.05, 4.69) is 15.3 Å². The number of amides is 1. The number of halogens is 1. The number of carbonyl (C=O) groups excluding carboxylic acids is 1. The Morgan fingerprint density at radius 1 is 1.23 bits per heavy atom. The number of aromatic amines is 1. The van der Waals surface area contributed by atoms with Gasteiger partial charge in [0.1, 0.15) is 11.6 Å². The first-order valence-corrected chi connectivity index (χ1v) is 6.42. The summed E-state index contributed by atoms with van der Waals surface area (Å²) >= 11 is 0. The third-order valence-electron chi connectivity index (χ3n) is 3.12. The third-order valence-corrected chi connectivity index (χ3v) is 3.12. The third kappa shape index (κ3) is 2.51. The maximum absolute atomic E-state index is 13.0. The number of rotatable bonds is 4. The van der Waals surface area contributed by atoms with Crippen molar-refractivity contribution >= 4 is 12.2 Å². The summed E-state index contributed by atoms with van der Waals surface area (Å²) in [5, 5.41) is 2.45. The van der Waals surface area contributed by atoms with Gasteiger partial charge in [0, 0.05) is 18.0 Å². The average molecular weight is 298 g/mol. The monoisotopic (exact) mass is 298 g/mol. The molecule has 0 aliphatic heterocycles. The molecule has 0 unspecified atom stereocenters. The van der Waals surface area contributed by atoms with Crippen molar-refractivity contribution in [2.75, 3.05) is 5.32 Å². The van der Waals surface area contributed by atoms with Crippen LogP contribution in [0, 0.1) is 5.82 Å². The van der Waals surface area contributed by atoms with Crippen LogP contribution in [0.2, 0.25) is 0 Å². The standard InChI is InChI=1S/C15H11FN4O2/c16-11-1-3-12(4-2-11)20-13(8-18-15(20)22)10-5-6-17-14(7-10)19-9-21/h1-9H,(H,18,22)(H,17,19,21). The fourth-order valence-corrected chi connectivity index (χ4v) is 2.16. The summed E-state index contributed by atoms with van der Waals surface area (Å²) in [4.78, 5) is 29.1. The van der Waals surface area contributed by atoms with E-state index in [0.717, 1.165) is 0 Å². The number of nitrogens with one attached hydrogen (secondary N) is 2. The molecule has 0 bridgehead atoms. The van der Waals surface area contributed by atoms with Gasteiger partial charge in [-0.1, -0.05) is 0 Å². The Balaban J connectivity index is 2.13.